The average Bonchev–Trinajstić information content (AvgIpc) is 3.23. The summed E-state index contributed by atoms with van der Waals surface area (Å²) in [6.45, 7) is 4.20. The largest absolute Gasteiger partial charge is 0.465 e. The Labute approximate surface area is 181 Å². The van der Waals surface area contributed by atoms with E-state index < -0.39 is 0 Å². The van der Waals surface area contributed by atoms with Gasteiger partial charge in [0.05, 0.1) is 30.5 Å². The molecule has 0 bridgehead atoms. The van der Waals surface area contributed by atoms with E-state index in [0.29, 0.717) is 10.7 Å². The zero-order valence-corrected chi connectivity index (χ0v) is 18.2. The number of carbonyl (C=O) groups is 1. The molecule has 0 spiro atoms. The number of carbonyl (C=O) groups excluding carboxylic acids is 1. The second-order valence-electron chi connectivity index (χ2n) is 7.44. The highest BCUT2D eigenvalue weighted by Crippen LogP contribution is 2.40. The Morgan fingerprint density at radius 2 is 1.90 bits per heavy atom. The zero-order valence-electron chi connectivity index (χ0n) is 17.4. The van der Waals surface area contributed by atoms with Crippen molar-refractivity contribution in [2.24, 2.45) is 0 Å². The van der Waals surface area contributed by atoms with Gasteiger partial charge in [0.1, 0.15) is 0 Å². The van der Waals surface area contributed by atoms with Crippen molar-refractivity contribution in [1.82, 2.24) is 19.8 Å². The van der Waals surface area contributed by atoms with Crippen LogP contribution < -0.4 is 5.32 Å². The third kappa shape index (κ3) is 3.35. The molecule has 0 amide bonds. The minimum absolute atomic E-state index is 0.0284. The van der Waals surface area contributed by atoms with Crippen molar-refractivity contribution < 1.29 is 9.53 Å². The second-order valence-corrected chi connectivity index (χ2v) is 7.82. The highest BCUT2D eigenvalue weighted by Gasteiger charge is 2.39. The molecule has 1 aliphatic heterocycles. The summed E-state index contributed by atoms with van der Waals surface area (Å²) < 4.78 is 7.00. The van der Waals surface area contributed by atoms with E-state index in [-0.39, 0.29) is 18.1 Å². The van der Waals surface area contributed by atoms with Crippen molar-refractivity contribution in [3.8, 4) is 5.69 Å². The summed E-state index contributed by atoms with van der Waals surface area (Å²) in [5.41, 5.74) is 5.91. The maximum absolute atomic E-state index is 11.8. The number of hydrogen-bond acceptors (Lipinski definition) is 4. The highest BCUT2D eigenvalue weighted by molar-refractivity contribution is 7.80. The van der Waals surface area contributed by atoms with Gasteiger partial charge in [-0.2, -0.15) is 0 Å². The Hall–Kier alpha value is -3.19. The molecule has 1 aromatic carbocycles. The van der Waals surface area contributed by atoms with Crippen molar-refractivity contribution in [3.05, 3.63) is 82.9 Å². The van der Waals surface area contributed by atoms with Crippen LogP contribution in [0.2, 0.25) is 0 Å². The number of nitrogens with zero attached hydrogens (tertiary/aromatic N) is 3. The molecular weight excluding hydrogens is 396 g/mol. The molecule has 2 aromatic heterocycles. The molecule has 2 unspecified atom stereocenters. The van der Waals surface area contributed by atoms with Crippen molar-refractivity contribution in [2.45, 2.75) is 25.9 Å². The van der Waals surface area contributed by atoms with Crippen LogP contribution in [0.3, 0.4) is 0 Å². The molecule has 0 radical (unpaired) electrons. The number of aryl methyl sites for hydroxylation is 1. The van der Waals surface area contributed by atoms with E-state index in [9.17, 15) is 4.79 Å². The molecule has 1 N–H and O–H groups in total. The summed E-state index contributed by atoms with van der Waals surface area (Å²) >= 11 is 5.56. The molecule has 3 heterocycles. The lowest BCUT2D eigenvalue weighted by Crippen LogP contribution is -2.25. The summed E-state index contributed by atoms with van der Waals surface area (Å²) in [7, 11) is 3.40. The fraction of sp³-hybridized carbons (Fsp3) is 0.261. The molecule has 0 saturated carbocycles. The number of methoxy groups -OCH3 is 1. The molecule has 1 saturated heterocycles. The number of benzene rings is 1. The summed E-state index contributed by atoms with van der Waals surface area (Å²) in [4.78, 5) is 18.4. The van der Waals surface area contributed by atoms with Crippen LogP contribution in [0.5, 0.6) is 0 Å². The number of likely N-dealkylation sites (N-methyl/N-ethyl adjacent to an activating group) is 1. The number of aromatic nitrogens is 2. The van der Waals surface area contributed by atoms with Gasteiger partial charge in [-0.05, 0) is 74.1 Å². The first-order valence-electron chi connectivity index (χ1n) is 9.74. The molecule has 3 aromatic rings. The lowest BCUT2D eigenvalue weighted by atomic mass is 9.97. The number of pyridine rings is 1. The van der Waals surface area contributed by atoms with Crippen LogP contribution in [0.15, 0.2) is 54.7 Å². The van der Waals surface area contributed by atoms with Crippen LogP contribution in [0, 0.1) is 13.8 Å². The first kappa shape index (κ1) is 20.1. The van der Waals surface area contributed by atoms with E-state index >= 15 is 0 Å². The normalized spacial score (nSPS) is 18.4. The molecule has 6 nitrogen and oxygen atoms in total. The number of hydrogen-bond donors (Lipinski definition) is 1. The van der Waals surface area contributed by atoms with Gasteiger partial charge in [0.15, 0.2) is 5.11 Å². The van der Waals surface area contributed by atoms with E-state index in [2.05, 4.69) is 39.7 Å². The number of nitrogens with one attached hydrogen (secondary N) is 1. The SMILES string of the molecule is COC(=O)c1ccc(-n2c(C)cc(C3C(c4ccccn4)NC(=S)N3C)c2C)cc1. The highest BCUT2D eigenvalue weighted by atomic mass is 32.1. The van der Waals surface area contributed by atoms with E-state index in [1.165, 1.54) is 12.7 Å². The molecule has 7 heteroatoms. The van der Waals surface area contributed by atoms with Gasteiger partial charge in [-0.25, -0.2) is 4.79 Å². The lowest BCUT2D eigenvalue weighted by molar-refractivity contribution is 0.0600. The monoisotopic (exact) mass is 420 g/mol. The third-order valence-corrected chi connectivity index (χ3v) is 6.08. The molecule has 30 heavy (non-hydrogen) atoms. The minimum Gasteiger partial charge on any atom is -0.465 e. The number of thiocarbonyl (C=S) groups is 1. The van der Waals surface area contributed by atoms with Gasteiger partial charge in [0.25, 0.3) is 0 Å². The molecule has 154 valence electrons. The Bertz CT molecular complexity index is 1090. The topological polar surface area (TPSA) is 59.4 Å². The Morgan fingerprint density at radius 3 is 2.53 bits per heavy atom. The zero-order chi connectivity index (χ0) is 21.4. The van der Waals surface area contributed by atoms with Crippen molar-refractivity contribution >= 4 is 23.3 Å². The quantitative estimate of drug-likeness (QED) is 0.511. The lowest BCUT2D eigenvalue weighted by Gasteiger charge is -2.24. The fourth-order valence-corrected chi connectivity index (χ4v) is 4.44. The first-order valence-corrected chi connectivity index (χ1v) is 10.1. The van der Waals surface area contributed by atoms with Crippen LogP contribution in [0.1, 0.15) is 45.1 Å². The van der Waals surface area contributed by atoms with E-state index in [4.69, 9.17) is 17.0 Å². The Kier molecular flexibility index (Phi) is 5.30. The van der Waals surface area contributed by atoms with Crippen LogP contribution in [0.25, 0.3) is 5.69 Å². The standard InChI is InChI=1S/C23H24N4O2S/c1-14-13-18(15(2)27(14)17-10-8-16(9-11-17)22(28)29-4)21-20(25-23(30)26(21)3)19-7-5-6-12-24-19/h5-13,20-21H,1-4H3,(H,25,30). The minimum atomic E-state index is -0.339. The number of esters is 1. The van der Waals surface area contributed by atoms with Gasteiger partial charge in [0, 0.05) is 30.3 Å². The van der Waals surface area contributed by atoms with Gasteiger partial charge < -0.3 is 19.5 Å². The van der Waals surface area contributed by atoms with Gasteiger partial charge in [-0.15, -0.1) is 0 Å². The summed E-state index contributed by atoms with van der Waals surface area (Å²) in [6, 6.07) is 15.6. The fourth-order valence-electron chi connectivity index (χ4n) is 4.20. The van der Waals surface area contributed by atoms with Crippen molar-refractivity contribution in [1.29, 1.82) is 0 Å². The summed E-state index contributed by atoms with van der Waals surface area (Å²) in [6.07, 6.45) is 1.81. The maximum atomic E-state index is 11.8. The molecular formula is C23H24N4O2S. The van der Waals surface area contributed by atoms with Crippen LogP contribution in [-0.2, 0) is 4.74 Å². The van der Waals surface area contributed by atoms with Gasteiger partial charge in [-0.3, -0.25) is 4.98 Å². The number of ether oxygens (including phenoxy) is 1. The predicted octanol–water partition coefficient (Wildman–Crippen LogP) is 3.88. The van der Waals surface area contributed by atoms with Crippen molar-refractivity contribution in [2.75, 3.05) is 14.2 Å². The second kappa shape index (κ2) is 7.91. The van der Waals surface area contributed by atoms with E-state index in [1.54, 1.807) is 12.1 Å². The number of rotatable bonds is 4. The molecule has 2 atom stereocenters. The molecule has 1 fully saturated rings. The summed E-state index contributed by atoms with van der Waals surface area (Å²) in [5, 5.41) is 4.14. The molecule has 1 aliphatic rings. The maximum Gasteiger partial charge on any atom is 0.337 e. The van der Waals surface area contributed by atoms with E-state index in [0.717, 1.165) is 22.8 Å². The average molecular weight is 421 g/mol. The van der Waals surface area contributed by atoms with Gasteiger partial charge in [0.2, 0.25) is 0 Å². The first-order chi connectivity index (χ1) is 14.4. The Morgan fingerprint density at radius 1 is 1.17 bits per heavy atom. The van der Waals surface area contributed by atoms with Gasteiger partial charge >= 0.3 is 5.97 Å². The Balaban J connectivity index is 1.75. The summed E-state index contributed by atoms with van der Waals surface area (Å²) in [5.74, 6) is -0.339. The smallest absolute Gasteiger partial charge is 0.337 e. The van der Waals surface area contributed by atoms with E-state index in [1.807, 2.05) is 43.6 Å². The molecule has 0 aliphatic carbocycles. The van der Waals surface area contributed by atoms with Crippen LogP contribution >= 0.6 is 12.2 Å². The predicted molar refractivity (Wildman–Crippen MR) is 120 cm³/mol. The van der Waals surface area contributed by atoms with Crippen LogP contribution in [0.4, 0.5) is 0 Å². The molecule has 4 rings (SSSR count). The van der Waals surface area contributed by atoms with Crippen LogP contribution in [-0.4, -0.2) is 39.7 Å². The third-order valence-electron chi connectivity index (χ3n) is 5.67. The van der Waals surface area contributed by atoms with Gasteiger partial charge in [-0.1, -0.05) is 6.07 Å². The van der Waals surface area contributed by atoms with Crippen molar-refractivity contribution in [3.63, 3.8) is 0 Å².